The van der Waals surface area contributed by atoms with Crippen molar-refractivity contribution in [1.82, 2.24) is 4.90 Å². The van der Waals surface area contributed by atoms with Crippen LogP contribution >= 0.6 is 0 Å². The van der Waals surface area contributed by atoms with E-state index < -0.39 is 0 Å². The van der Waals surface area contributed by atoms with E-state index in [1.54, 1.807) is 4.90 Å². The molecule has 0 spiro atoms. The lowest BCUT2D eigenvalue weighted by molar-refractivity contribution is -0.135. The van der Waals surface area contributed by atoms with Crippen LogP contribution in [-0.4, -0.2) is 23.5 Å². The van der Waals surface area contributed by atoms with Crippen molar-refractivity contribution >= 4 is 5.91 Å². The Hall–Kier alpha value is -0.930. The van der Waals surface area contributed by atoms with Gasteiger partial charge in [-0.15, -0.1) is 0 Å². The second-order valence-corrected chi connectivity index (χ2v) is 3.44. The van der Waals surface area contributed by atoms with E-state index in [1.165, 1.54) is 0 Å². The minimum absolute atomic E-state index is 0.0207. The van der Waals surface area contributed by atoms with Crippen LogP contribution in [0.4, 0.5) is 0 Å². The number of amides is 1. The number of carbonyl (C=O) groups is 1. The van der Waals surface area contributed by atoms with Gasteiger partial charge in [-0.05, 0) is 12.8 Å². The molecule has 0 bridgehead atoms. The predicted octanol–water partition coefficient (Wildman–Crippen LogP) is 1.62. The molecule has 1 aliphatic rings. The topological polar surface area (TPSA) is 56.5 Å². The Bertz CT molecular complexity index is 191. The molecule has 68 valence electrons. The summed E-state index contributed by atoms with van der Waals surface area (Å²) in [6, 6.07) is 0. The normalized spacial score (nSPS) is 23.2. The lowest BCUT2D eigenvalue weighted by atomic mass is 10.2. The number of nitrogens with zero attached hydrogens (tertiary/aromatic N) is 2. The molecular formula is C8H15N3O. The number of rotatable bonds is 2. The molecule has 1 rings (SSSR count). The van der Waals surface area contributed by atoms with Gasteiger partial charge in [0, 0.05) is 12.5 Å². The highest BCUT2D eigenvalue weighted by Gasteiger charge is 2.29. The van der Waals surface area contributed by atoms with E-state index in [-0.39, 0.29) is 18.0 Å². The lowest BCUT2D eigenvalue weighted by Gasteiger charge is -2.22. The van der Waals surface area contributed by atoms with Gasteiger partial charge in [-0.3, -0.25) is 4.79 Å². The van der Waals surface area contributed by atoms with Crippen LogP contribution in [0, 0.1) is 11.4 Å². The Labute approximate surface area is 72.4 Å². The van der Waals surface area contributed by atoms with Crippen LogP contribution in [0.1, 0.15) is 26.7 Å². The number of nitrogens with one attached hydrogen (secondary N) is 1. The number of hydrogen-bond acceptors (Lipinski definition) is 3. The van der Waals surface area contributed by atoms with Gasteiger partial charge in [0.1, 0.15) is 6.17 Å². The first-order valence-electron chi connectivity index (χ1n) is 4.34. The molecule has 1 heterocycles. The van der Waals surface area contributed by atoms with Crippen molar-refractivity contribution in [2.24, 2.45) is 11.0 Å². The molecule has 1 amide bonds. The second-order valence-electron chi connectivity index (χ2n) is 3.44. The maximum atomic E-state index is 11.5. The minimum Gasteiger partial charge on any atom is -0.319 e. The van der Waals surface area contributed by atoms with Crippen molar-refractivity contribution in [2.45, 2.75) is 32.9 Å². The summed E-state index contributed by atoms with van der Waals surface area (Å²) in [5.74, 6) is 0.140. The Morgan fingerprint density at radius 2 is 2.33 bits per heavy atom. The SMILES string of the molecule is CC(C)C(=O)N1CCCC1N=N. The van der Waals surface area contributed by atoms with Gasteiger partial charge in [0.05, 0.1) is 0 Å². The Balaban J connectivity index is 2.61. The van der Waals surface area contributed by atoms with Crippen molar-refractivity contribution in [2.75, 3.05) is 6.54 Å². The maximum Gasteiger partial charge on any atom is 0.226 e. The van der Waals surface area contributed by atoms with Crippen molar-refractivity contribution in [1.29, 1.82) is 5.53 Å². The fourth-order valence-corrected chi connectivity index (χ4v) is 1.47. The number of likely N-dealkylation sites (tertiary alicyclic amines) is 1. The molecule has 0 aliphatic carbocycles. The summed E-state index contributed by atoms with van der Waals surface area (Å²) in [5, 5.41) is 3.43. The first kappa shape index (κ1) is 9.16. The summed E-state index contributed by atoms with van der Waals surface area (Å²) in [5.41, 5.74) is 6.90. The number of hydrogen-bond donors (Lipinski definition) is 1. The van der Waals surface area contributed by atoms with E-state index in [4.69, 9.17) is 5.53 Å². The zero-order valence-electron chi connectivity index (χ0n) is 7.58. The van der Waals surface area contributed by atoms with Crippen LogP contribution in [0.5, 0.6) is 0 Å². The summed E-state index contributed by atoms with van der Waals surface area (Å²) in [4.78, 5) is 13.2. The fraction of sp³-hybridized carbons (Fsp3) is 0.875. The summed E-state index contributed by atoms with van der Waals surface area (Å²) in [7, 11) is 0. The van der Waals surface area contributed by atoms with Crippen LogP contribution in [0.25, 0.3) is 0 Å². The summed E-state index contributed by atoms with van der Waals surface area (Å²) < 4.78 is 0. The highest BCUT2D eigenvalue weighted by Crippen LogP contribution is 2.19. The smallest absolute Gasteiger partial charge is 0.226 e. The molecule has 12 heavy (non-hydrogen) atoms. The van der Waals surface area contributed by atoms with Gasteiger partial charge in [0.2, 0.25) is 5.91 Å². The third kappa shape index (κ3) is 1.62. The van der Waals surface area contributed by atoms with Gasteiger partial charge in [0.25, 0.3) is 0 Å². The zero-order valence-corrected chi connectivity index (χ0v) is 7.58. The quantitative estimate of drug-likeness (QED) is 0.627. The van der Waals surface area contributed by atoms with E-state index in [0.29, 0.717) is 0 Å². The molecule has 0 saturated carbocycles. The van der Waals surface area contributed by atoms with E-state index in [9.17, 15) is 4.79 Å². The van der Waals surface area contributed by atoms with Gasteiger partial charge >= 0.3 is 0 Å². The molecule has 0 radical (unpaired) electrons. The third-order valence-electron chi connectivity index (χ3n) is 2.15. The summed E-state index contributed by atoms with van der Waals surface area (Å²) in [6.45, 7) is 4.52. The van der Waals surface area contributed by atoms with Crippen LogP contribution < -0.4 is 0 Å². The lowest BCUT2D eigenvalue weighted by Crippen LogP contribution is -2.36. The first-order chi connectivity index (χ1) is 5.66. The highest BCUT2D eigenvalue weighted by atomic mass is 16.2. The van der Waals surface area contributed by atoms with E-state index >= 15 is 0 Å². The largest absolute Gasteiger partial charge is 0.319 e. The molecule has 4 nitrogen and oxygen atoms in total. The highest BCUT2D eigenvalue weighted by molar-refractivity contribution is 5.78. The molecule has 1 N–H and O–H groups in total. The van der Waals surface area contributed by atoms with Gasteiger partial charge in [-0.25, -0.2) is 5.53 Å². The third-order valence-corrected chi connectivity index (χ3v) is 2.15. The monoisotopic (exact) mass is 169 g/mol. The van der Waals surface area contributed by atoms with Gasteiger partial charge in [0.15, 0.2) is 0 Å². The molecule has 1 saturated heterocycles. The second kappa shape index (κ2) is 3.65. The van der Waals surface area contributed by atoms with Crippen LogP contribution in [0.3, 0.4) is 0 Å². The molecule has 1 unspecified atom stereocenters. The van der Waals surface area contributed by atoms with Crippen molar-refractivity contribution in [3.63, 3.8) is 0 Å². The predicted molar refractivity (Wildman–Crippen MR) is 44.7 cm³/mol. The zero-order chi connectivity index (χ0) is 9.14. The Kier molecular flexibility index (Phi) is 2.78. The first-order valence-corrected chi connectivity index (χ1v) is 4.34. The molecular weight excluding hydrogens is 154 g/mol. The van der Waals surface area contributed by atoms with Crippen LogP contribution in [0.15, 0.2) is 5.11 Å². The molecule has 1 aliphatic heterocycles. The molecule has 0 aromatic carbocycles. The van der Waals surface area contributed by atoms with E-state index in [0.717, 1.165) is 19.4 Å². The molecule has 4 heteroatoms. The van der Waals surface area contributed by atoms with Gasteiger partial charge in [-0.2, -0.15) is 5.11 Å². The van der Waals surface area contributed by atoms with Crippen LogP contribution in [-0.2, 0) is 4.79 Å². The van der Waals surface area contributed by atoms with E-state index in [1.807, 2.05) is 13.8 Å². The fourth-order valence-electron chi connectivity index (χ4n) is 1.47. The summed E-state index contributed by atoms with van der Waals surface area (Å²) >= 11 is 0. The molecule has 0 aromatic rings. The maximum absolute atomic E-state index is 11.5. The standard InChI is InChI=1S/C8H15N3O/c1-6(2)8(12)11-5-3-4-7(11)10-9/h6-7,9H,3-5H2,1-2H3. The van der Waals surface area contributed by atoms with Crippen molar-refractivity contribution in [3.05, 3.63) is 0 Å². The van der Waals surface area contributed by atoms with Crippen molar-refractivity contribution in [3.8, 4) is 0 Å². The average molecular weight is 169 g/mol. The molecule has 0 aromatic heterocycles. The Morgan fingerprint density at radius 3 is 2.83 bits per heavy atom. The van der Waals surface area contributed by atoms with Gasteiger partial charge < -0.3 is 4.90 Å². The molecule has 1 fully saturated rings. The summed E-state index contributed by atoms with van der Waals surface area (Å²) in [6.07, 6.45) is 1.65. The average Bonchev–Trinajstić information content (AvgIpc) is 2.49. The molecule has 1 atom stereocenters. The minimum atomic E-state index is -0.181. The van der Waals surface area contributed by atoms with Crippen LogP contribution in [0.2, 0.25) is 0 Å². The van der Waals surface area contributed by atoms with Crippen molar-refractivity contribution < 1.29 is 4.79 Å². The van der Waals surface area contributed by atoms with E-state index in [2.05, 4.69) is 5.11 Å². The number of carbonyl (C=O) groups excluding carboxylic acids is 1. The van der Waals surface area contributed by atoms with Gasteiger partial charge in [-0.1, -0.05) is 13.8 Å². The Morgan fingerprint density at radius 1 is 1.67 bits per heavy atom.